The fourth-order valence-corrected chi connectivity index (χ4v) is 5.71. The van der Waals surface area contributed by atoms with Crippen molar-refractivity contribution in [2.45, 2.75) is 0 Å². The summed E-state index contributed by atoms with van der Waals surface area (Å²) in [5.74, 6) is 0.591. The van der Waals surface area contributed by atoms with Crippen LogP contribution in [0.3, 0.4) is 0 Å². The first-order valence-electron chi connectivity index (χ1n) is 5.60. The van der Waals surface area contributed by atoms with Crippen LogP contribution in [0.5, 0.6) is 17.5 Å². The summed E-state index contributed by atoms with van der Waals surface area (Å²) in [6.07, 6.45) is 0. The van der Waals surface area contributed by atoms with Crippen molar-refractivity contribution < 1.29 is 14.7 Å². The molecule has 2 aromatic heterocycles. The molecule has 0 bridgehead atoms. The van der Waals surface area contributed by atoms with Crippen molar-refractivity contribution in [3.05, 3.63) is 42.5 Å². The summed E-state index contributed by atoms with van der Waals surface area (Å²) >= 11 is 0. The second-order valence-electron chi connectivity index (χ2n) is 3.73. The number of para-hydroxylation sites is 1. The third-order valence-corrected chi connectivity index (χ3v) is 6.33. The summed E-state index contributed by atoms with van der Waals surface area (Å²) in [5, 5.41) is 19.6. The maximum absolute atomic E-state index is 9.82. The van der Waals surface area contributed by atoms with Gasteiger partial charge in [0.2, 0.25) is 11.8 Å². The maximum atomic E-state index is 9.82. The van der Waals surface area contributed by atoms with E-state index in [1.807, 2.05) is 30.3 Å². The second kappa shape index (κ2) is 5.68. The highest BCUT2D eigenvalue weighted by molar-refractivity contribution is 7.51. The molecule has 2 atom stereocenters. The molecule has 3 N–H and O–H groups in total. The van der Waals surface area contributed by atoms with Crippen molar-refractivity contribution in [2.24, 2.45) is 0 Å². The van der Waals surface area contributed by atoms with Crippen LogP contribution < -0.4 is 4.52 Å². The van der Waals surface area contributed by atoms with E-state index in [2.05, 4.69) is 9.02 Å². The van der Waals surface area contributed by atoms with Gasteiger partial charge in [-0.25, -0.2) is 0 Å². The molecule has 10 heteroatoms. The molecule has 0 fully saturated rings. The van der Waals surface area contributed by atoms with Gasteiger partial charge in [0, 0.05) is 12.1 Å². The molecule has 1 aromatic carbocycles. The summed E-state index contributed by atoms with van der Waals surface area (Å²) in [6.45, 7) is 0. The smallest absolute Gasteiger partial charge is 0.262 e. The summed E-state index contributed by atoms with van der Waals surface area (Å²) in [5.41, 5.74) is 0. The van der Waals surface area contributed by atoms with Gasteiger partial charge in [0.1, 0.15) is 14.3 Å². The lowest BCUT2D eigenvalue weighted by Gasteiger charge is -2.14. The summed E-state index contributed by atoms with van der Waals surface area (Å²) in [6, 6.07) is 12.2. The topological polar surface area (TPSA) is 88.2 Å². The van der Waals surface area contributed by atoms with Gasteiger partial charge in [0.25, 0.3) is 8.08 Å². The normalized spacial score (nSPS) is 12.1. The number of rotatable bonds is 3. The Morgan fingerprint density at radius 3 is 2.55 bits per heavy atom. The van der Waals surface area contributed by atoms with E-state index in [9.17, 15) is 10.2 Å². The maximum Gasteiger partial charge on any atom is 0.262 e. The molecule has 0 radical (unpaired) electrons. The Hall–Kier alpha value is -1.80. The molecule has 0 aliphatic carbocycles. The first kappa shape index (κ1) is 13.2. The van der Waals surface area contributed by atoms with Crippen LogP contribution in [0, 0.1) is 0 Å². The Labute approximate surface area is 118 Å². The van der Waals surface area contributed by atoms with Gasteiger partial charge in [-0.05, 0) is 12.1 Å². The van der Waals surface area contributed by atoms with Crippen LogP contribution in [0.15, 0.2) is 42.5 Å². The average molecular weight is 328 g/mol. The van der Waals surface area contributed by atoms with E-state index in [0.717, 1.165) is 8.51 Å². The number of benzene rings is 1. The fourth-order valence-electron chi connectivity index (χ4n) is 1.57. The third-order valence-electron chi connectivity index (χ3n) is 2.43. The van der Waals surface area contributed by atoms with Crippen molar-refractivity contribution >= 4 is 25.1 Å². The molecule has 0 aliphatic rings. The number of nitrogens with one attached hydrogen (secondary N) is 1. The van der Waals surface area contributed by atoms with Crippen LogP contribution in [0.4, 0.5) is 0 Å². The molecule has 0 aliphatic heterocycles. The number of aromatic hydroxyl groups is 2. The molecule has 7 nitrogen and oxygen atoms in total. The van der Waals surface area contributed by atoms with Crippen LogP contribution in [0.1, 0.15) is 0 Å². The predicted octanol–water partition coefficient (Wildman–Crippen LogP) is 3.30. The van der Waals surface area contributed by atoms with Crippen molar-refractivity contribution in [1.29, 1.82) is 0 Å². The SMILES string of the molecule is Oc1ccc(O)n1-n1[pH]np[nH]p1Oc1ccccc1. The van der Waals surface area contributed by atoms with E-state index >= 15 is 0 Å². The minimum atomic E-state index is -1.26. The van der Waals surface area contributed by atoms with Crippen molar-refractivity contribution in [2.75, 3.05) is 0 Å². The van der Waals surface area contributed by atoms with Gasteiger partial charge in [-0.15, -0.1) is 0 Å². The van der Waals surface area contributed by atoms with Gasteiger partial charge in [0.05, 0.1) is 8.51 Å². The molecule has 3 aromatic rings. The molecule has 104 valence electrons. The van der Waals surface area contributed by atoms with E-state index in [1.54, 1.807) is 4.20 Å². The lowest BCUT2D eigenvalue weighted by atomic mass is 10.3. The van der Waals surface area contributed by atoms with E-state index in [-0.39, 0.29) is 20.3 Å². The summed E-state index contributed by atoms with van der Waals surface area (Å²) < 4.78 is 16.1. The summed E-state index contributed by atoms with van der Waals surface area (Å²) in [7, 11) is -0.495. The van der Waals surface area contributed by atoms with Gasteiger partial charge < -0.3 is 14.7 Å². The number of hydrogen-bond donors (Lipinski definition) is 3. The zero-order chi connectivity index (χ0) is 13.9. The fraction of sp³-hybridized carbons (Fsp3) is 0. The van der Waals surface area contributed by atoms with Crippen molar-refractivity contribution in [3.63, 3.8) is 0 Å². The van der Waals surface area contributed by atoms with Crippen LogP contribution in [-0.2, 0) is 0 Å². The molecule has 3 rings (SSSR count). The number of aromatic nitrogens is 4. The molecule has 0 amide bonds. The Bertz CT molecular complexity index is 718. The molecular weight excluding hydrogens is 317 g/mol. The summed E-state index contributed by atoms with van der Waals surface area (Å²) in [4.78, 5) is 0. The number of nitrogens with zero attached hydrogens (tertiary/aromatic N) is 3. The van der Waals surface area contributed by atoms with Gasteiger partial charge in [-0.3, -0.25) is 4.51 Å². The van der Waals surface area contributed by atoms with E-state index in [1.165, 1.54) is 16.8 Å². The monoisotopic (exact) mass is 328 g/mol. The molecule has 0 spiro atoms. The highest BCUT2D eigenvalue weighted by Gasteiger charge is 2.12. The lowest BCUT2D eigenvalue weighted by Crippen LogP contribution is -2.05. The Morgan fingerprint density at radius 1 is 1.15 bits per heavy atom. The van der Waals surface area contributed by atoms with Crippen LogP contribution in [0.2, 0.25) is 0 Å². The van der Waals surface area contributed by atoms with Crippen LogP contribution in [0.25, 0.3) is 0 Å². The molecular formula is C10H11N4O3P3. The minimum Gasteiger partial charge on any atom is -0.493 e. The van der Waals surface area contributed by atoms with Crippen LogP contribution in [-0.4, -0.2) is 28.1 Å². The van der Waals surface area contributed by atoms with Gasteiger partial charge >= 0.3 is 0 Å². The molecule has 0 saturated heterocycles. The number of aromatic amines is 1. The Morgan fingerprint density at radius 2 is 1.85 bits per heavy atom. The molecule has 0 saturated carbocycles. The molecule has 20 heavy (non-hydrogen) atoms. The number of hydrogen-bond acceptors (Lipinski definition) is 4. The van der Waals surface area contributed by atoms with E-state index < -0.39 is 8.08 Å². The predicted molar refractivity (Wildman–Crippen MR) is 80.0 cm³/mol. The lowest BCUT2D eigenvalue weighted by molar-refractivity contribution is 0.369. The largest absolute Gasteiger partial charge is 0.493 e. The highest BCUT2D eigenvalue weighted by Crippen LogP contribution is 2.35. The van der Waals surface area contributed by atoms with Gasteiger partial charge in [0.15, 0.2) is 0 Å². The quantitative estimate of drug-likeness (QED) is 0.688. The number of H-pyrrole nitrogens is 1. The Balaban J connectivity index is 2.05. The standard InChI is InChI=1S/C10H11N4O3P3/c15-9-6-7-10(16)13(9)14-19-11-18-12-20(14)17-8-4-2-1-3-5-8/h1-7,15-16,19H,(H,11,12). The zero-order valence-electron chi connectivity index (χ0n) is 10.1. The third kappa shape index (κ3) is 2.56. The second-order valence-corrected chi connectivity index (χ2v) is 7.64. The average Bonchev–Trinajstić information content (AvgIpc) is 2.80. The Kier molecular flexibility index (Phi) is 3.75. The van der Waals surface area contributed by atoms with E-state index in [0.29, 0.717) is 5.75 Å². The zero-order valence-corrected chi connectivity index (χ0v) is 12.9. The molecule has 2 unspecified atom stereocenters. The first-order chi connectivity index (χ1) is 9.75. The highest BCUT2D eigenvalue weighted by atomic mass is 31.2. The van der Waals surface area contributed by atoms with Crippen molar-refractivity contribution in [1.82, 2.24) is 17.9 Å². The minimum absolute atomic E-state index is 0.0423. The van der Waals surface area contributed by atoms with Crippen LogP contribution >= 0.6 is 25.1 Å². The van der Waals surface area contributed by atoms with Crippen molar-refractivity contribution in [3.8, 4) is 17.5 Å². The first-order valence-corrected chi connectivity index (χ1v) is 8.55. The van der Waals surface area contributed by atoms with Gasteiger partial charge in [-0.2, -0.15) is 13.4 Å². The van der Waals surface area contributed by atoms with E-state index in [4.69, 9.17) is 4.52 Å². The molecule has 2 heterocycles. The van der Waals surface area contributed by atoms with Gasteiger partial charge in [-0.1, -0.05) is 18.2 Å².